The minimum atomic E-state index is -0.116. The van der Waals surface area contributed by atoms with Gasteiger partial charge in [0.2, 0.25) is 5.91 Å². The molecule has 0 spiro atoms. The molecule has 7 nitrogen and oxygen atoms in total. The topological polar surface area (TPSA) is 91.0 Å². The predicted octanol–water partition coefficient (Wildman–Crippen LogP) is 1.34. The van der Waals surface area contributed by atoms with Gasteiger partial charge >= 0.3 is 0 Å². The third-order valence-electron chi connectivity index (χ3n) is 4.19. The molecule has 0 bridgehead atoms. The average Bonchev–Trinajstić information content (AvgIpc) is 3.06. The number of H-pyrrole nitrogens is 1. The van der Waals surface area contributed by atoms with Crippen molar-refractivity contribution in [3.8, 4) is 0 Å². The summed E-state index contributed by atoms with van der Waals surface area (Å²) in [4.78, 5) is 26.6. The molecule has 23 heavy (non-hydrogen) atoms. The van der Waals surface area contributed by atoms with Crippen LogP contribution in [0, 0.1) is 5.92 Å². The maximum atomic E-state index is 12.7. The molecule has 7 heteroatoms. The van der Waals surface area contributed by atoms with E-state index in [0.717, 1.165) is 24.8 Å². The second-order valence-corrected chi connectivity index (χ2v) is 5.91. The van der Waals surface area contributed by atoms with Gasteiger partial charge in [0, 0.05) is 25.2 Å². The zero-order chi connectivity index (χ0) is 16.2. The second kappa shape index (κ2) is 6.76. The number of carbonyl (C=O) groups excluding carboxylic acids is 2. The van der Waals surface area contributed by atoms with Crippen LogP contribution in [0.1, 0.15) is 36.5 Å². The lowest BCUT2D eigenvalue weighted by Crippen LogP contribution is -2.45. The molecule has 0 saturated carbocycles. The van der Waals surface area contributed by atoms with Crippen LogP contribution in [0.15, 0.2) is 18.2 Å². The van der Waals surface area contributed by atoms with Gasteiger partial charge in [-0.25, -0.2) is 0 Å². The lowest BCUT2D eigenvalue weighted by Gasteiger charge is -2.32. The molecule has 0 aliphatic carbocycles. The highest BCUT2D eigenvalue weighted by Crippen LogP contribution is 2.20. The number of amides is 2. The quantitative estimate of drug-likeness (QED) is 0.890. The van der Waals surface area contributed by atoms with Crippen molar-refractivity contribution in [3.05, 3.63) is 23.8 Å². The van der Waals surface area contributed by atoms with E-state index in [4.69, 9.17) is 0 Å². The molecule has 2 aromatic rings. The molecule has 3 rings (SSSR count). The lowest BCUT2D eigenvalue weighted by atomic mass is 9.96. The molecule has 1 aromatic heterocycles. The van der Waals surface area contributed by atoms with Gasteiger partial charge in [0.25, 0.3) is 5.91 Å². The number of benzene rings is 1. The Kier molecular flexibility index (Phi) is 4.55. The highest BCUT2D eigenvalue weighted by atomic mass is 16.2. The fourth-order valence-electron chi connectivity index (χ4n) is 2.92. The number of carbonyl (C=O) groups is 2. The average molecular weight is 315 g/mol. The number of hydrogen-bond acceptors (Lipinski definition) is 4. The van der Waals surface area contributed by atoms with Crippen molar-refractivity contribution in [1.82, 2.24) is 25.6 Å². The van der Waals surface area contributed by atoms with E-state index < -0.39 is 0 Å². The van der Waals surface area contributed by atoms with Crippen molar-refractivity contribution in [2.24, 2.45) is 5.92 Å². The largest absolute Gasteiger partial charge is 0.356 e. The lowest BCUT2D eigenvalue weighted by molar-refractivity contribution is -0.126. The summed E-state index contributed by atoms with van der Waals surface area (Å²) >= 11 is 0. The molecule has 1 unspecified atom stereocenters. The van der Waals surface area contributed by atoms with Gasteiger partial charge in [0.1, 0.15) is 11.0 Å². The Labute approximate surface area is 134 Å². The van der Waals surface area contributed by atoms with Crippen LogP contribution in [0.5, 0.6) is 0 Å². The number of piperidine rings is 1. The van der Waals surface area contributed by atoms with Gasteiger partial charge < -0.3 is 10.2 Å². The Morgan fingerprint density at radius 2 is 2.17 bits per heavy atom. The summed E-state index contributed by atoms with van der Waals surface area (Å²) in [6.07, 6.45) is 2.60. The molecule has 2 N–H and O–H groups in total. The van der Waals surface area contributed by atoms with Crippen LogP contribution in [0.3, 0.4) is 0 Å². The maximum absolute atomic E-state index is 12.7. The van der Waals surface area contributed by atoms with E-state index in [-0.39, 0.29) is 17.7 Å². The standard InChI is InChI=1S/C16H21N5O2/c1-2-7-17-15(22)12-4-3-8-21(10-12)16(23)11-5-6-13-14(9-11)19-20-18-13/h5-6,9,12H,2-4,7-8,10H2,1H3,(H,17,22)(H,18,19,20). The van der Waals surface area contributed by atoms with E-state index in [2.05, 4.69) is 20.7 Å². The summed E-state index contributed by atoms with van der Waals surface area (Å²) in [5.41, 5.74) is 1.99. The van der Waals surface area contributed by atoms with Crippen LogP contribution >= 0.6 is 0 Å². The van der Waals surface area contributed by atoms with Crippen LogP contribution in [-0.2, 0) is 4.79 Å². The Morgan fingerprint density at radius 1 is 1.35 bits per heavy atom. The minimum absolute atomic E-state index is 0.0521. The Hall–Kier alpha value is -2.44. The van der Waals surface area contributed by atoms with Crippen molar-refractivity contribution >= 4 is 22.8 Å². The van der Waals surface area contributed by atoms with Crippen molar-refractivity contribution in [2.45, 2.75) is 26.2 Å². The van der Waals surface area contributed by atoms with Crippen molar-refractivity contribution < 1.29 is 9.59 Å². The van der Waals surface area contributed by atoms with Gasteiger partial charge in [0.15, 0.2) is 0 Å². The fraction of sp³-hybridized carbons (Fsp3) is 0.500. The highest BCUT2D eigenvalue weighted by Gasteiger charge is 2.28. The maximum Gasteiger partial charge on any atom is 0.253 e. The van der Waals surface area contributed by atoms with Gasteiger partial charge in [-0.1, -0.05) is 6.92 Å². The zero-order valence-corrected chi connectivity index (χ0v) is 13.2. The summed E-state index contributed by atoms with van der Waals surface area (Å²) in [5.74, 6) is -0.116. The molecule has 0 radical (unpaired) electrons. The van der Waals surface area contributed by atoms with Crippen molar-refractivity contribution in [1.29, 1.82) is 0 Å². The molecule has 1 aliphatic heterocycles. The molecule has 1 saturated heterocycles. The molecule has 1 aromatic carbocycles. The van der Waals surface area contributed by atoms with Gasteiger partial charge in [-0.05, 0) is 37.5 Å². The molecule has 1 aliphatic rings. The van der Waals surface area contributed by atoms with E-state index >= 15 is 0 Å². The number of nitrogens with zero attached hydrogens (tertiary/aromatic N) is 3. The first-order valence-electron chi connectivity index (χ1n) is 8.06. The van der Waals surface area contributed by atoms with E-state index in [1.165, 1.54) is 0 Å². The van der Waals surface area contributed by atoms with E-state index in [1.54, 1.807) is 23.1 Å². The summed E-state index contributed by atoms with van der Waals surface area (Å²) in [6.45, 7) is 3.88. The fourth-order valence-corrected chi connectivity index (χ4v) is 2.92. The van der Waals surface area contributed by atoms with E-state index in [9.17, 15) is 9.59 Å². The number of hydrogen-bond donors (Lipinski definition) is 2. The predicted molar refractivity (Wildman–Crippen MR) is 85.8 cm³/mol. The minimum Gasteiger partial charge on any atom is -0.356 e. The molecule has 122 valence electrons. The first-order chi connectivity index (χ1) is 11.2. The van der Waals surface area contributed by atoms with Gasteiger partial charge in [-0.15, -0.1) is 0 Å². The Balaban J connectivity index is 1.70. The summed E-state index contributed by atoms with van der Waals surface area (Å²) in [5, 5.41) is 13.5. The van der Waals surface area contributed by atoms with Crippen molar-refractivity contribution in [2.75, 3.05) is 19.6 Å². The molecule has 2 heterocycles. The smallest absolute Gasteiger partial charge is 0.253 e. The normalized spacial score (nSPS) is 18.1. The number of likely N-dealkylation sites (tertiary alicyclic amines) is 1. The Morgan fingerprint density at radius 3 is 3.00 bits per heavy atom. The number of nitrogens with one attached hydrogen (secondary N) is 2. The molecule has 2 amide bonds. The van der Waals surface area contributed by atoms with Gasteiger partial charge in [-0.2, -0.15) is 15.4 Å². The first-order valence-corrected chi connectivity index (χ1v) is 8.06. The summed E-state index contributed by atoms with van der Waals surface area (Å²) in [6, 6.07) is 5.28. The van der Waals surface area contributed by atoms with Crippen LogP contribution in [0.2, 0.25) is 0 Å². The molecule has 1 atom stereocenters. The van der Waals surface area contributed by atoms with E-state index in [1.807, 2.05) is 6.92 Å². The third kappa shape index (κ3) is 3.33. The van der Waals surface area contributed by atoms with Gasteiger partial charge in [-0.3, -0.25) is 9.59 Å². The molecular weight excluding hydrogens is 294 g/mol. The molecule has 1 fully saturated rings. The van der Waals surface area contributed by atoms with E-state index in [0.29, 0.717) is 30.7 Å². The molecular formula is C16H21N5O2. The second-order valence-electron chi connectivity index (χ2n) is 5.91. The monoisotopic (exact) mass is 315 g/mol. The first kappa shape index (κ1) is 15.5. The van der Waals surface area contributed by atoms with Crippen LogP contribution < -0.4 is 5.32 Å². The highest BCUT2D eigenvalue weighted by molar-refractivity contribution is 5.97. The van der Waals surface area contributed by atoms with Crippen LogP contribution in [-0.4, -0.2) is 51.8 Å². The van der Waals surface area contributed by atoms with Gasteiger partial charge in [0.05, 0.1) is 5.92 Å². The Bertz CT molecular complexity index is 711. The summed E-state index contributed by atoms with van der Waals surface area (Å²) in [7, 11) is 0. The number of fused-ring (bicyclic) bond motifs is 1. The SMILES string of the molecule is CCCNC(=O)C1CCCN(C(=O)c2ccc3n[nH]nc3c2)C1. The van der Waals surface area contributed by atoms with Crippen molar-refractivity contribution in [3.63, 3.8) is 0 Å². The summed E-state index contributed by atoms with van der Waals surface area (Å²) < 4.78 is 0. The zero-order valence-electron chi connectivity index (χ0n) is 13.2. The third-order valence-corrected chi connectivity index (χ3v) is 4.19. The number of aromatic nitrogens is 3. The van der Waals surface area contributed by atoms with Crippen LogP contribution in [0.25, 0.3) is 11.0 Å². The van der Waals surface area contributed by atoms with Crippen LogP contribution in [0.4, 0.5) is 0 Å². The number of rotatable bonds is 4. The number of aromatic amines is 1.